The monoisotopic (exact) mass is 372 g/mol. The van der Waals surface area contributed by atoms with Crippen LogP contribution in [0, 0.1) is 0 Å². The van der Waals surface area contributed by atoms with Gasteiger partial charge in [-0.1, -0.05) is 35.3 Å². The second kappa shape index (κ2) is 6.24. The normalized spacial score (nSPS) is 12.5. The minimum atomic E-state index is -4.63. The molecule has 0 aliphatic carbocycles. The van der Waals surface area contributed by atoms with Gasteiger partial charge < -0.3 is 0 Å². The summed E-state index contributed by atoms with van der Waals surface area (Å²) >= 11 is 11.0. The van der Waals surface area contributed by atoms with Crippen LogP contribution in [0.4, 0.5) is 26.3 Å². The summed E-state index contributed by atoms with van der Waals surface area (Å²) in [6, 6.07) is 6.45. The Morgan fingerprint density at radius 3 is 1.30 bits per heavy atom. The van der Waals surface area contributed by atoms with Crippen LogP contribution < -0.4 is 0 Å². The van der Waals surface area contributed by atoms with Crippen molar-refractivity contribution in [1.29, 1.82) is 0 Å². The van der Waals surface area contributed by atoms with E-state index in [1.807, 2.05) is 0 Å². The zero-order valence-electron chi connectivity index (χ0n) is 11.2. The molecule has 0 aliphatic heterocycles. The van der Waals surface area contributed by atoms with Crippen molar-refractivity contribution < 1.29 is 26.3 Å². The summed E-state index contributed by atoms with van der Waals surface area (Å²) in [5, 5.41) is -0.929. The molecule has 0 N–H and O–H groups in total. The summed E-state index contributed by atoms with van der Waals surface area (Å²) in [7, 11) is 0. The van der Waals surface area contributed by atoms with Crippen molar-refractivity contribution in [1.82, 2.24) is 0 Å². The predicted molar refractivity (Wildman–Crippen MR) is 75.7 cm³/mol. The highest BCUT2D eigenvalue weighted by molar-refractivity contribution is 6.31. The van der Waals surface area contributed by atoms with Crippen molar-refractivity contribution in [2.24, 2.45) is 0 Å². The Balaban J connectivity index is 2.37. The zero-order chi connectivity index (χ0) is 17.4. The average Bonchev–Trinajstić information content (AvgIpc) is 2.40. The van der Waals surface area contributed by atoms with E-state index in [2.05, 4.69) is 0 Å². The molecule has 0 saturated carbocycles. The fourth-order valence-electron chi connectivity index (χ4n) is 2.03. The van der Waals surface area contributed by atoms with Crippen molar-refractivity contribution in [3.8, 4) is 0 Å². The fraction of sp³-hybridized carbons (Fsp3) is 0.200. The summed E-state index contributed by atoms with van der Waals surface area (Å²) < 4.78 is 76.7. The molecule has 0 spiro atoms. The quantitative estimate of drug-likeness (QED) is 0.519. The molecule has 0 nitrogen and oxygen atoms in total. The van der Waals surface area contributed by atoms with Gasteiger partial charge in [0.05, 0.1) is 21.2 Å². The van der Waals surface area contributed by atoms with Crippen molar-refractivity contribution >= 4 is 23.2 Å². The van der Waals surface area contributed by atoms with E-state index in [-0.39, 0.29) is 17.5 Å². The zero-order valence-corrected chi connectivity index (χ0v) is 12.7. The molecule has 0 fully saturated rings. The molecule has 0 bridgehead atoms. The Hall–Kier alpha value is -1.40. The first-order chi connectivity index (χ1) is 10.5. The largest absolute Gasteiger partial charge is 0.417 e. The van der Waals surface area contributed by atoms with Crippen LogP contribution in [0.2, 0.25) is 10.0 Å². The molecule has 0 atom stereocenters. The lowest BCUT2D eigenvalue weighted by atomic mass is 10.0. The van der Waals surface area contributed by atoms with E-state index in [9.17, 15) is 26.3 Å². The van der Waals surface area contributed by atoms with Crippen LogP contribution in [0.25, 0.3) is 0 Å². The highest BCUT2D eigenvalue weighted by Crippen LogP contribution is 2.37. The van der Waals surface area contributed by atoms with E-state index in [0.29, 0.717) is 0 Å². The first kappa shape index (κ1) is 17.9. The molecule has 0 aliphatic rings. The van der Waals surface area contributed by atoms with Crippen LogP contribution >= 0.6 is 23.2 Å². The molecule has 8 heteroatoms. The first-order valence-electron chi connectivity index (χ1n) is 6.20. The third kappa shape index (κ3) is 4.32. The van der Waals surface area contributed by atoms with E-state index < -0.39 is 33.5 Å². The molecular weight excluding hydrogens is 365 g/mol. The molecule has 0 amide bonds. The van der Waals surface area contributed by atoms with Crippen LogP contribution in [-0.4, -0.2) is 0 Å². The maximum Gasteiger partial charge on any atom is 0.417 e. The number of rotatable bonds is 2. The third-order valence-corrected chi connectivity index (χ3v) is 3.74. The summed E-state index contributed by atoms with van der Waals surface area (Å²) in [5.41, 5.74) is -1.67. The molecule has 23 heavy (non-hydrogen) atoms. The lowest BCUT2D eigenvalue weighted by molar-refractivity contribution is -0.138. The van der Waals surface area contributed by atoms with Gasteiger partial charge in [-0.3, -0.25) is 0 Å². The predicted octanol–water partition coefficient (Wildman–Crippen LogP) is 6.62. The topological polar surface area (TPSA) is 0 Å². The van der Waals surface area contributed by atoms with Crippen LogP contribution in [0.1, 0.15) is 22.3 Å². The molecule has 0 saturated heterocycles. The van der Waals surface area contributed by atoms with Crippen molar-refractivity contribution in [2.45, 2.75) is 18.8 Å². The van der Waals surface area contributed by atoms with Crippen LogP contribution in [-0.2, 0) is 18.8 Å². The smallest absolute Gasteiger partial charge is 0.166 e. The second-order valence-corrected chi connectivity index (χ2v) is 5.62. The maximum atomic E-state index is 12.8. The van der Waals surface area contributed by atoms with E-state index in [1.54, 1.807) is 0 Å². The van der Waals surface area contributed by atoms with Gasteiger partial charge in [-0.05, 0) is 41.8 Å². The highest BCUT2D eigenvalue weighted by atomic mass is 35.5. The summed E-state index contributed by atoms with van der Waals surface area (Å²) in [4.78, 5) is 0. The Kier molecular flexibility index (Phi) is 4.87. The fourth-order valence-corrected chi connectivity index (χ4v) is 2.48. The standard InChI is InChI=1S/C15H8Cl2F6/c16-12-3-1-8(6-10(12)14(18,19)20)5-9-2-4-13(17)11(7-9)15(21,22)23/h1-4,6-7H,5H2. The Morgan fingerprint density at radius 2 is 1.00 bits per heavy atom. The van der Waals surface area contributed by atoms with E-state index in [4.69, 9.17) is 23.2 Å². The van der Waals surface area contributed by atoms with Gasteiger partial charge in [0.25, 0.3) is 0 Å². The SMILES string of the molecule is FC(F)(F)c1cc(Cc2ccc(Cl)c(C(F)(F)F)c2)ccc1Cl. The van der Waals surface area contributed by atoms with Crippen molar-refractivity contribution in [3.05, 3.63) is 68.7 Å². The number of hydrogen-bond acceptors (Lipinski definition) is 0. The van der Waals surface area contributed by atoms with Crippen LogP contribution in [0.3, 0.4) is 0 Å². The number of alkyl halides is 6. The molecule has 124 valence electrons. The number of halogens is 8. The maximum absolute atomic E-state index is 12.8. The molecule has 0 aromatic heterocycles. The van der Waals surface area contributed by atoms with Gasteiger partial charge in [0.1, 0.15) is 0 Å². The molecular formula is C15H8Cl2F6. The lowest BCUT2D eigenvalue weighted by Crippen LogP contribution is -2.08. The van der Waals surface area contributed by atoms with E-state index in [0.717, 1.165) is 24.3 Å². The van der Waals surface area contributed by atoms with Gasteiger partial charge in [0, 0.05) is 0 Å². The Bertz CT molecular complexity index is 657. The number of hydrogen-bond donors (Lipinski definition) is 0. The van der Waals surface area contributed by atoms with E-state index in [1.165, 1.54) is 12.1 Å². The first-order valence-corrected chi connectivity index (χ1v) is 6.95. The van der Waals surface area contributed by atoms with Gasteiger partial charge >= 0.3 is 12.4 Å². The third-order valence-electron chi connectivity index (χ3n) is 3.08. The second-order valence-electron chi connectivity index (χ2n) is 4.80. The average molecular weight is 373 g/mol. The van der Waals surface area contributed by atoms with Crippen LogP contribution in [0.15, 0.2) is 36.4 Å². The molecule has 2 aromatic carbocycles. The van der Waals surface area contributed by atoms with Gasteiger partial charge in [0.15, 0.2) is 0 Å². The Morgan fingerprint density at radius 1 is 0.652 bits per heavy atom. The minimum Gasteiger partial charge on any atom is -0.166 e. The molecule has 0 radical (unpaired) electrons. The molecule has 0 heterocycles. The molecule has 0 unspecified atom stereocenters. The molecule has 2 rings (SSSR count). The van der Waals surface area contributed by atoms with Crippen molar-refractivity contribution in [2.75, 3.05) is 0 Å². The summed E-state index contributed by atoms with van der Waals surface area (Å²) in [5.74, 6) is 0. The number of benzene rings is 2. The highest BCUT2D eigenvalue weighted by Gasteiger charge is 2.34. The van der Waals surface area contributed by atoms with Gasteiger partial charge in [-0.15, -0.1) is 0 Å². The van der Waals surface area contributed by atoms with Crippen LogP contribution in [0.5, 0.6) is 0 Å². The Labute approximate surface area is 137 Å². The van der Waals surface area contributed by atoms with E-state index >= 15 is 0 Å². The summed E-state index contributed by atoms with van der Waals surface area (Å²) in [6.07, 6.45) is -9.38. The van der Waals surface area contributed by atoms with Gasteiger partial charge in [-0.2, -0.15) is 26.3 Å². The van der Waals surface area contributed by atoms with Gasteiger partial charge in [-0.25, -0.2) is 0 Å². The lowest BCUT2D eigenvalue weighted by Gasteiger charge is -2.13. The minimum absolute atomic E-state index is 0.111. The van der Waals surface area contributed by atoms with Crippen molar-refractivity contribution in [3.63, 3.8) is 0 Å². The van der Waals surface area contributed by atoms with Gasteiger partial charge in [0.2, 0.25) is 0 Å². The molecule has 2 aromatic rings. The summed E-state index contributed by atoms with van der Waals surface area (Å²) in [6.45, 7) is 0.